The van der Waals surface area contributed by atoms with E-state index in [0.717, 1.165) is 54.2 Å². The van der Waals surface area contributed by atoms with Crippen LogP contribution in [0.5, 0.6) is 5.75 Å². The fourth-order valence-electron chi connectivity index (χ4n) is 3.60. The number of aromatic nitrogens is 1. The van der Waals surface area contributed by atoms with Crippen LogP contribution < -0.4 is 83.9 Å². The number of nitrogens with zero attached hydrogens (tertiary/aromatic N) is 2. The molecule has 2 heterocycles. The summed E-state index contributed by atoms with van der Waals surface area (Å²) < 4.78 is 33.6. The zero-order valence-corrected chi connectivity index (χ0v) is 25.9. The SMILES string of the molecule is O=Cc1cc(C(=O)Nc2ncc(-c3cccc(N4CCCC4)c3)s2)cc(F)c1OCOP(=O)([O-])[O-].[Na+].[Na+]. The van der Waals surface area contributed by atoms with Crippen LogP contribution >= 0.6 is 19.2 Å². The smallest absolute Gasteiger partial charge is 0.790 e. The number of anilines is 2. The topological polar surface area (TPSA) is 144 Å². The van der Waals surface area contributed by atoms with Crippen LogP contribution in [-0.4, -0.2) is 37.1 Å². The van der Waals surface area contributed by atoms with Crippen LogP contribution in [-0.2, 0) is 9.09 Å². The maximum absolute atomic E-state index is 14.4. The third-order valence-electron chi connectivity index (χ3n) is 5.20. The number of halogens is 1. The summed E-state index contributed by atoms with van der Waals surface area (Å²) in [5, 5.41) is 2.85. The second-order valence-electron chi connectivity index (χ2n) is 7.56. The molecule has 0 saturated carbocycles. The van der Waals surface area contributed by atoms with Gasteiger partial charge in [-0.15, -0.1) is 0 Å². The number of hydrogen-bond acceptors (Lipinski definition) is 10. The Morgan fingerprint density at radius 1 is 1.22 bits per heavy atom. The van der Waals surface area contributed by atoms with Gasteiger partial charge in [-0.05, 0) is 42.7 Å². The zero-order valence-electron chi connectivity index (χ0n) is 20.1. The van der Waals surface area contributed by atoms with Gasteiger partial charge in [-0.25, -0.2) is 9.37 Å². The molecule has 1 amide bonds. The quantitative estimate of drug-likeness (QED) is 0.123. The normalized spacial score (nSPS) is 12.9. The van der Waals surface area contributed by atoms with E-state index in [1.807, 2.05) is 12.1 Å². The first kappa shape index (κ1) is 32.1. The van der Waals surface area contributed by atoms with Crippen LogP contribution in [0.15, 0.2) is 42.6 Å². The van der Waals surface area contributed by atoms with Gasteiger partial charge in [-0.2, -0.15) is 0 Å². The number of aldehydes is 1. The average molecular weight is 565 g/mol. The van der Waals surface area contributed by atoms with E-state index < -0.39 is 32.1 Å². The molecule has 0 bridgehead atoms. The number of rotatable bonds is 9. The molecule has 0 unspecified atom stereocenters. The molecule has 2 aromatic carbocycles. The molecule has 0 aliphatic carbocycles. The van der Waals surface area contributed by atoms with Crippen LogP contribution in [0.25, 0.3) is 10.4 Å². The summed E-state index contributed by atoms with van der Waals surface area (Å²) in [4.78, 5) is 52.3. The summed E-state index contributed by atoms with van der Waals surface area (Å²) in [5.41, 5.74) is 1.51. The van der Waals surface area contributed by atoms with Crippen molar-refractivity contribution in [3.05, 3.63) is 59.5 Å². The molecule has 1 aromatic heterocycles. The number of carbonyl (C=O) groups excluding carboxylic acids is 2. The summed E-state index contributed by atoms with van der Waals surface area (Å²) in [6, 6.07) is 9.90. The molecule has 15 heteroatoms. The molecule has 1 aliphatic heterocycles. The number of phosphoric acid groups is 1. The first-order chi connectivity index (χ1) is 16.7. The van der Waals surface area contributed by atoms with E-state index in [1.165, 1.54) is 11.3 Å². The van der Waals surface area contributed by atoms with Crippen molar-refractivity contribution in [1.29, 1.82) is 0 Å². The Kier molecular flexibility index (Phi) is 12.4. The summed E-state index contributed by atoms with van der Waals surface area (Å²) in [6.45, 7) is 0.915. The van der Waals surface area contributed by atoms with Crippen LogP contribution in [0.2, 0.25) is 0 Å². The molecule has 0 radical (unpaired) electrons. The van der Waals surface area contributed by atoms with E-state index in [1.54, 1.807) is 6.20 Å². The second-order valence-corrected chi connectivity index (χ2v) is 9.74. The Hall–Kier alpha value is -1.15. The van der Waals surface area contributed by atoms with Crippen molar-refractivity contribution < 1.29 is 96.7 Å². The average Bonchev–Trinajstić information content (AvgIpc) is 3.52. The number of thiazole rings is 1. The molecule has 184 valence electrons. The monoisotopic (exact) mass is 565 g/mol. The Morgan fingerprint density at radius 2 is 1.95 bits per heavy atom. The zero-order chi connectivity index (χ0) is 25.0. The Balaban J connectivity index is 0.00000241. The van der Waals surface area contributed by atoms with Crippen LogP contribution in [0.4, 0.5) is 15.2 Å². The molecule has 10 nitrogen and oxygen atoms in total. The first-order valence-corrected chi connectivity index (χ1v) is 12.7. The molecule has 0 atom stereocenters. The molecule has 1 saturated heterocycles. The third kappa shape index (κ3) is 8.67. The number of nitrogens with one attached hydrogen (secondary N) is 1. The maximum atomic E-state index is 14.4. The van der Waals surface area contributed by atoms with Crippen LogP contribution in [0, 0.1) is 5.82 Å². The number of ether oxygens (including phenoxy) is 1. The molecule has 37 heavy (non-hydrogen) atoms. The van der Waals surface area contributed by atoms with E-state index >= 15 is 0 Å². The molecular formula is C22H19FN3Na2O7PS. The van der Waals surface area contributed by atoms with Gasteiger partial charge in [0.15, 0.2) is 29.8 Å². The van der Waals surface area contributed by atoms with Crippen molar-refractivity contribution in [2.24, 2.45) is 0 Å². The van der Waals surface area contributed by atoms with Crippen LogP contribution in [0.3, 0.4) is 0 Å². The summed E-state index contributed by atoms with van der Waals surface area (Å²) >= 11 is 1.24. The minimum atomic E-state index is -5.34. The van der Waals surface area contributed by atoms with Gasteiger partial charge in [0.2, 0.25) is 0 Å². The number of amides is 1. The molecule has 3 aromatic rings. The minimum Gasteiger partial charge on any atom is -0.790 e. The van der Waals surface area contributed by atoms with E-state index in [9.17, 15) is 28.3 Å². The molecular weight excluding hydrogens is 546 g/mol. The van der Waals surface area contributed by atoms with E-state index in [2.05, 4.69) is 31.9 Å². The van der Waals surface area contributed by atoms with Gasteiger partial charge in [0.05, 0.1) is 18.3 Å². The predicted molar refractivity (Wildman–Crippen MR) is 123 cm³/mol. The summed E-state index contributed by atoms with van der Waals surface area (Å²) in [6.07, 6.45) is 4.17. The molecule has 4 rings (SSSR count). The molecule has 0 spiro atoms. The number of benzene rings is 2. The summed E-state index contributed by atoms with van der Waals surface area (Å²) in [5.74, 6) is -2.49. The standard InChI is InChI=1S/C22H21FN3O7PS.2Na/c23-18-10-15(8-16(12-27)20(18)32-13-33-34(29,30)31)21(28)25-22-24-11-19(35-22)14-4-3-5-17(9-14)26-6-1-2-7-26;;/h3-5,8-12H,1-2,6-7,13H2,(H,24,25,28)(H2,29,30,31);;/q;2*+1/p-2. The number of carbonyl (C=O) groups is 2. The van der Waals surface area contributed by atoms with E-state index in [4.69, 9.17) is 4.74 Å². The Bertz CT molecular complexity index is 1300. The summed E-state index contributed by atoms with van der Waals surface area (Å²) in [7, 11) is -5.34. The largest absolute Gasteiger partial charge is 1.00 e. The van der Waals surface area contributed by atoms with Gasteiger partial charge >= 0.3 is 59.1 Å². The Labute approximate surface area is 260 Å². The molecule has 1 fully saturated rings. The Morgan fingerprint density at radius 3 is 2.62 bits per heavy atom. The van der Waals surface area contributed by atoms with Crippen molar-refractivity contribution in [2.75, 3.05) is 30.1 Å². The fraction of sp³-hybridized carbons (Fsp3) is 0.227. The van der Waals surface area contributed by atoms with Gasteiger partial charge in [0, 0.05) is 30.5 Å². The third-order valence-corrected chi connectivity index (χ3v) is 6.59. The van der Waals surface area contributed by atoms with Gasteiger partial charge < -0.3 is 28.5 Å². The van der Waals surface area contributed by atoms with Crippen molar-refractivity contribution in [2.45, 2.75) is 12.8 Å². The van der Waals surface area contributed by atoms with E-state index in [0.29, 0.717) is 0 Å². The van der Waals surface area contributed by atoms with Crippen molar-refractivity contribution in [3.63, 3.8) is 0 Å². The van der Waals surface area contributed by atoms with Gasteiger partial charge in [0.1, 0.15) is 0 Å². The van der Waals surface area contributed by atoms with Gasteiger partial charge in [0.25, 0.3) is 5.91 Å². The molecule has 1 aliphatic rings. The second kappa shape index (κ2) is 14.3. The number of phosphoric ester groups is 1. The van der Waals surface area contributed by atoms with Crippen molar-refractivity contribution in [1.82, 2.24) is 4.98 Å². The van der Waals surface area contributed by atoms with Crippen molar-refractivity contribution in [3.8, 4) is 16.2 Å². The van der Waals surface area contributed by atoms with Crippen molar-refractivity contribution >= 4 is 42.2 Å². The van der Waals surface area contributed by atoms with Gasteiger partial charge in [-0.3, -0.25) is 14.9 Å². The van der Waals surface area contributed by atoms with Gasteiger partial charge in [-0.1, -0.05) is 23.5 Å². The van der Waals surface area contributed by atoms with E-state index in [-0.39, 0.29) is 81.7 Å². The first-order valence-electron chi connectivity index (χ1n) is 10.4. The van der Waals surface area contributed by atoms with Crippen LogP contribution in [0.1, 0.15) is 33.6 Å². The number of hydrogen-bond donors (Lipinski definition) is 1. The predicted octanol–water partition coefficient (Wildman–Crippen LogP) is -3.20. The fourth-order valence-corrected chi connectivity index (χ4v) is 4.59. The minimum absolute atomic E-state index is 0. The maximum Gasteiger partial charge on any atom is 1.00 e. The molecule has 1 N–H and O–H groups in total.